The van der Waals surface area contributed by atoms with E-state index >= 15 is 0 Å². The molecule has 1 aliphatic carbocycles. The Labute approximate surface area is 184 Å². The Morgan fingerprint density at radius 1 is 1.16 bits per heavy atom. The third kappa shape index (κ3) is 4.60. The van der Waals surface area contributed by atoms with Crippen molar-refractivity contribution < 1.29 is 0 Å². The van der Waals surface area contributed by atoms with Gasteiger partial charge in [-0.15, -0.1) is 0 Å². The van der Waals surface area contributed by atoms with Gasteiger partial charge in [0.1, 0.15) is 6.07 Å². The predicted molar refractivity (Wildman–Crippen MR) is 124 cm³/mol. The minimum atomic E-state index is 0.552. The van der Waals surface area contributed by atoms with E-state index in [1.807, 2.05) is 18.5 Å². The summed E-state index contributed by atoms with van der Waals surface area (Å²) in [4.78, 5) is 6.83. The zero-order valence-electron chi connectivity index (χ0n) is 18.4. The maximum Gasteiger partial charge on any atom is 0.153 e. The smallest absolute Gasteiger partial charge is 0.153 e. The summed E-state index contributed by atoms with van der Waals surface area (Å²) in [6.45, 7) is 11.6. The van der Waals surface area contributed by atoms with Gasteiger partial charge in [-0.2, -0.15) is 10.4 Å². The van der Waals surface area contributed by atoms with Crippen LogP contribution < -0.4 is 0 Å². The minimum absolute atomic E-state index is 0.552. The first-order valence-electron chi connectivity index (χ1n) is 11.0. The van der Waals surface area contributed by atoms with Crippen LogP contribution in [0.15, 0.2) is 49.4 Å². The van der Waals surface area contributed by atoms with Gasteiger partial charge in [-0.3, -0.25) is 4.90 Å². The Balaban J connectivity index is 1.42. The van der Waals surface area contributed by atoms with Gasteiger partial charge in [0.25, 0.3) is 0 Å². The SMILES string of the molecule is C=C1CCc2c1ccc(CCN(CCC)Cc1cnn(-c3ccc(C#N)cn3)c1)c2C. The van der Waals surface area contributed by atoms with Crippen molar-refractivity contribution in [1.29, 1.82) is 5.26 Å². The fourth-order valence-corrected chi connectivity index (χ4v) is 4.42. The van der Waals surface area contributed by atoms with Crippen molar-refractivity contribution >= 4 is 5.57 Å². The molecule has 0 amide bonds. The Hall–Kier alpha value is -3.23. The highest BCUT2D eigenvalue weighted by atomic mass is 15.3. The average molecular weight is 412 g/mol. The van der Waals surface area contributed by atoms with Crippen LogP contribution in [0.5, 0.6) is 0 Å². The van der Waals surface area contributed by atoms with Gasteiger partial charge in [0.2, 0.25) is 0 Å². The highest BCUT2D eigenvalue weighted by molar-refractivity contribution is 5.72. The normalized spacial score (nSPS) is 12.9. The lowest BCUT2D eigenvalue weighted by molar-refractivity contribution is 0.269. The first kappa shape index (κ1) is 21.0. The van der Waals surface area contributed by atoms with Gasteiger partial charge in [0.15, 0.2) is 5.82 Å². The van der Waals surface area contributed by atoms with Crippen LogP contribution in [0.3, 0.4) is 0 Å². The molecule has 0 spiro atoms. The molecular weight excluding hydrogens is 382 g/mol. The number of hydrogen-bond acceptors (Lipinski definition) is 4. The van der Waals surface area contributed by atoms with Crippen molar-refractivity contribution in [2.45, 2.75) is 46.1 Å². The molecule has 2 heterocycles. The number of rotatable bonds is 8. The fourth-order valence-electron chi connectivity index (χ4n) is 4.42. The minimum Gasteiger partial charge on any atom is -0.299 e. The summed E-state index contributed by atoms with van der Waals surface area (Å²) in [5.41, 5.74) is 8.78. The van der Waals surface area contributed by atoms with Crippen molar-refractivity contribution in [1.82, 2.24) is 19.7 Å². The zero-order valence-corrected chi connectivity index (χ0v) is 18.4. The molecule has 5 nitrogen and oxygen atoms in total. The van der Waals surface area contributed by atoms with E-state index in [1.165, 1.54) is 33.4 Å². The van der Waals surface area contributed by atoms with Crippen LogP contribution in [-0.4, -0.2) is 32.8 Å². The number of allylic oxidation sites excluding steroid dienone is 1. The van der Waals surface area contributed by atoms with Gasteiger partial charge in [-0.05, 0) is 79.1 Å². The summed E-state index contributed by atoms with van der Waals surface area (Å²) in [5.74, 6) is 0.725. The highest BCUT2D eigenvalue weighted by Crippen LogP contribution is 2.34. The predicted octanol–water partition coefficient (Wildman–Crippen LogP) is 4.86. The molecule has 0 aliphatic heterocycles. The van der Waals surface area contributed by atoms with E-state index in [1.54, 1.807) is 16.9 Å². The van der Waals surface area contributed by atoms with Crippen LogP contribution in [0.4, 0.5) is 0 Å². The second kappa shape index (κ2) is 9.28. The van der Waals surface area contributed by atoms with Crippen molar-refractivity contribution in [3.8, 4) is 11.9 Å². The van der Waals surface area contributed by atoms with E-state index in [2.05, 4.69) is 53.6 Å². The number of pyridine rings is 1. The van der Waals surface area contributed by atoms with Crippen molar-refractivity contribution in [2.24, 2.45) is 0 Å². The number of hydrogen-bond donors (Lipinski definition) is 0. The van der Waals surface area contributed by atoms with Crippen molar-refractivity contribution in [3.05, 3.63) is 82.8 Å². The second-order valence-electron chi connectivity index (χ2n) is 8.32. The molecule has 0 saturated heterocycles. The van der Waals surface area contributed by atoms with E-state index in [4.69, 9.17) is 5.26 Å². The average Bonchev–Trinajstić information content (AvgIpc) is 3.40. The molecular formula is C26H29N5. The van der Waals surface area contributed by atoms with Crippen LogP contribution in [0, 0.1) is 18.3 Å². The van der Waals surface area contributed by atoms with E-state index < -0.39 is 0 Å². The molecule has 0 atom stereocenters. The van der Waals surface area contributed by atoms with E-state index in [0.29, 0.717) is 5.56 Å². The lowest BCUT2D eigenvalue weighted by atomic mass is 9.96. The van der Waals surface area contributed by atoms with Crippen LogP contribution in [0.25, 0.3) is 11.4 Å². The monoisotopic (exact) mass is 411 g/mol. The molecule has 2 aromatic heterocycles. The van der Waals surface area contributed by atoms with Crippen LogP contribution in [0.2, 0.25) is 0 Å². The topological polar surface area (TPSA) is 57.7 Å². The molecule has 31 heavy (non-hydrogen) atoms. The number of fused-ring (bicyclic) bond motifs is 1. The lowest BCUT2D eigenvalue weighted by Crippen LogP contribution is -2.26. The van der Waals surface area contributed by atoms with E-state index in [-0.39, 0.29) is 0 Å². The number of nitrogens with zero attached hydrogens (tertiary/aromatic N) is 5. The summed E-state index contributed by atoms with van der Waals surface area (Å²) < 4.78 is 1.78. The quantitative estimate of drug-likeness (QED) is 0.531. The van der Waals surface area contributed by atoms with Gasteiger partial charge < -0.3 is 0 Å². The van der Waals surface area contributed by atoms with Gasteiger partial charge >= 0.3 is 0 Å². The van der Waals surface area contributed by atoms with Crippen LogP contribution in [-0.2, 0) is 19.4 Å². The molecule has 158 valence electrons. The van der Waals surface area contributed by atoms with Gasteiger partial charge in [0.05, 0.1) is 11.8 Å². The molecule has 0 N–H and O–H groups in total. The summed E-state index contributed by atoms with van der Waals surface area (Å²) in [7, 11) is 0. The third-order valence-corrected chi connectivity index (χ3v) is 6.16. The standard InChI is InChI=1S/C26H29N5/c1-4-12-30(13-11-23-7-9-24-19(2)5-8-25(24)20(23)3)17-22-16-29-31(18-22)26-10-6-21(14-27)15-28-26/h6-7,9-10,15-16,18H,2,4-5,8,11-13,17H2,1,3H3. The first-order valence-corrected chi connectivity index (χ1v) is 11.0. The van der Waals surface area contributed by atoms with E-state index in [0.717, 1.165) is 51.1 Å². The number of aromatic nitrogens is 3. The lowest BCUT2D eigenvalue weighted by Gasteiger charge is -2.22. The maximum atomic E-state index is 8.94. The van der Waals surface area contributed by atoms with Crippen LogP contribution >= 0.6 is 0 Å². The first-order chi connectivity index (χ1) is 15.1. The Morgan fingerprint density at radius 2 is 2.03 bits per heavy atom. The maximum absolute atomic E-state index is 8.94. The highest BCUT2D eigenvalue weighted by Gasteiger charge is 2.18. The zero-order chi connectivity index (χ0) is 21.8. The summed E-state index contributed by atoms with van der Waals surface area (Å²) >= 11 is 0. The summed E-state index contributed by atoms with van der Waals surface area (Å²) in [6.07, 6.45) is 9.92. The molecule has 1 aromatic carbocycles. The molecule has 0 bridgehead atoms. The molecule has 0 fully saturated rings. The fraction of sp³-hybridized carbons (Fsp3) is 0.346. The van der Waals surface area contributed by atoms with Crippen molar-refractivity contribution in [2.75, 3.05) is 13.1 Å². The van der Waals surface area contributed by atoms with Gasteiger partial charge in [-0.1, -0.05) is 25.6 Å². The Bertz CT molecular complexity index is 1120. The molecule has 0 radical (unpaired) electrons. The second-order valence-corrected chi connectivity index (χ2v) is 8.32. The third-order valence-electron chi connectivity index (χ3n) is 6.16. The van der Waals surface area contributed by atoms with Gasteiger partial charge in [0, 0.05) is 31.0 Å². The molecule has 1 aliphatic rings. The number of nitriles is 1. The molecule has 0 unspecified atom stereocenters. The largest absolute Gasteiger partial charge is 0.299 e. The van der Waals surface area contributed by atoms with E-state index in [9.17, 15) is 0 Å². The Kier molecular flexibility index (Phi) is 6.29. The Morgan fingerprint density at radius 3 is 2.77 bits per heavy atom. The molecule has 3 aromatic rings. The van der Waals surface area contributed by atoms with Gasteiger partial charge in [-0.25, -0.2) is 9.67 Å². The molecule has 5 heteroatoms. The molecule has 4 rings (SSSR count). The number of benzene rings is 1. The summed E-state index contributed by atoms with van der Waals surface area (Å²) in [6, 6.07) is 10.2. The molecule has 0 saturated carbocycles. The summed E-state index contributed by atoms with van der Waals surface area (Å²) in [5, 5.41) is 13.4. The van der Waals surface area contributed by atoms with Crippen molar-refractivity contribution in [3.63, 3.8) is 0 Å². The van der Waals surface area contributed by atoms with Crippen LogP contribution in [0.1, 0.15) is 53.1 Å².